The number of hydrogen-bond acceptors (Lipinski definition) is 3. The van der Waals surface area contributed by atoms with Gasteiger partial charge in [0.25, 0.3) is 0 Å². The summed E-state index contributed by atoms with van der Waals surface area (Å²) in [5, 5.41) is 0. The highest BCUT2D eigenvalue weighted by molar-refractivity contribution is 7.46. The number of ketones is 1. The van der Waals surface area contributed by atoms with E-state index in [9.17, 15) is 9.36 Å². The van der Waals surface area contributed by atoms with Crippen molar-refractivity contribution in [3.05, 3.63) is 11.8 Å². The van der Waals surface area contributed by atoms with E-state index >= 15 is 0 Å². The normalized spacial score (nSPS) is 21.7. The molecule has 0 bridgehead atoms. The second kappa shape index (κ2) is 3.50. The summed E-state index contributed by atoms with van der Waals surface area (Å²) in [6, 6.07) is 0. The van der Waals surface area contributed by atoms with Crippen LogP contribution < -0.4 is 0 Å². The van der Waals surface area contributed by atoms with Gasteiger partial charge in [-0.15, -0.1) is 0 Å². The molecule has 0 spiro atoms. The van der Waals surface area contributed by atoms with E-state index in [2.05, 4.69) is 4.52 Å². The Kier molecular flexibility index (Phi) is 2.86. The molecular formula is C8H13O5P. The van der Waals surface area contributed by atoms with Crippen molar-refractivity contribution in [2.75, 3.05) is 0 Å². The van der Waals surface area contributed by atoms with Gasteiger partial charge in [-0.1, -0.05) is 13.8 Å². The fraction of sp³-hybridized carbons (Fsp3) is 0.625. The van der Waals surface area contributed by atoms with Crippen molar-refractivity contribution >= 4 is 13.6 Å². The molecule has 1 aliphatic rings. The maximum Gasteiger partial charge on any atom is 0.524 e. The molecule has 0 saturated carbocycles. The number of carbonyl (C=O) groups is 1. The van der Waals surface area contributed by atoms with Crippen molar-refractivity contribution in [1.29, 1.82) is 0 Å². The lowest BCUT2D eigenvalue weighted by molar-refractivity contribution is -0.117. The van der Waals surface area contributed by atoms with Crippen LogP contribution >= 0.6 is 7.82 Å². The molecule has 1 rings (SSSR count). The zero-order valence-electron chi connectivity index (χ0n) is 8.06. The van der Waals surface area contributed by atoms with Gasteiger partial charge in [-0.05, 0) is 5.41 Å². The summed E-state index contributed by atoms with van der Waals surface area (Å²) in [5.74, 6) is -0.0933. The molecule has 14 heavy (non-hydrogen) atoms. The topological polar surface area (TPSA) is 83.8 Å². The number of phosphoric ester groups is 1. The first-order chi connectivity index (χ1) is 6.18. The van der Waals surface area contributed by atoms with Crippen molar-refractivity contribution in [1.82, 2.24) is 0 Å². The smallest absolute Gasteiger partial charge is 0.409 e. The molecule has 0 aromatic rings. The van der Waals surface area contributed by atoms with Crippen LogP contribution in [0.2, 0.25) is 0 Å². The van der Waals surface area contributed by atoms with Gasteiger partial charge in [-0.25, -0.2) is 4.57 Å². The predicted octanol–water partition coefficient (Wildman–Crippen LogP) is 1.37. The van der Waals surface area contributed by atoms with Gasteiger partial charge >= 0.3 is 7.82 Å². The van der Waals surface area contributed by atoms with E-state index < -0.39 is 7.82 Å². The van der Waals surface area contributed by atoms with E-state index in [4.69, 9.17) is 9.79 Å². The summed E-state index contributed by atoms with van der Waals surface area (Å²) in [5.41, 5.74) is -0.295. The van der Waals surface area contributed by atoms with E-state index in [1.54, 1.807) is 0 Å². The Morgan fingerprint density at radius 2 is 2.00 bits per heavy atom. The Morgan fingerprint density at radius 1 is 1.43 bits per heavy atom. The van der Waals surface area contributed by atoms with Gasteiger partial charge in [0.2, 0.25) is 0 Å². The summed E-state index contributed by atoms with van der Waals surface area (Å²) in [6.45, 7) is 3.70. The summed E-state index contributed by atoms with van der Waals surface area (Å²) >= 11 is 0. The van der Waals surface area contributed by atoms with E-state index in [-0.39, 0.29) is 17.0 Å². The van der Waals surface area contributed by atoms with E-state index in [0.717, 1.165) is 6.08 Å². The highest BCUT2D eigenvalue weighted by atomic mass is 31.2. The molecular weight excluding hydrogens is 207 g/mol. The van der Waals surface area contributed by atoms with Crippen LogP contribution in [0.25, 0.3) is 0 Å². The molecule has 2 N–H and O–H groups in total. The fourth-order valence-corrected chi connectivity index (χ4v) is 1.92. The quantitative estimate of drug-likeness (QED) is 0.686. The van der Waals surface area contributed by atoms with Crippen LogP contribution in [0, 0.1) is 5.41 Å². The lowest BCUT2D eigenvalue weighted by Crippen LogP contribution is -2.22. The van der Waals surface area contributed by atoms with Gasteiger partial charge < -0.3 is 4.52 Å². The Morgan fingerprint density at radius 3 is 2.43 bits per heavy atom. The predicted molar refractivity (Wildman–Crippen MR) is 49.2 cm³/mol. The van der Waals surface area contributed by atoms with Crippen molar-refractivity contribution in [3.8, 4) is 0 Å². The molecule has 0 radical (unpaired) electrons. The average molecular weight is 220 g/mol. The maximum absolute atomic E-state index is 11.2. The lowest BCUT2D eigenvalue weighted by atomic mass is 9.80. The van der Waals surface area contributed by atoms with Crippen molar-refractivity contribution in [2.45, 2.75) is 26.7 Å². The van der Waals surface area contributed by atoms with Crippen LogP contribution in [-0.2, 0) is 13.9 Å². The molecule has 5 nitrogen and oxygen atoms in total. The minimum atomic E-state index is -4.54. The monoisotopic (exact) mass is 220 g/mol. The molecule has 0 amide bonds. The van der Waals surface area contributed by atoms with Gasteiger partial charge in [-0.3, -0.25) is 14.6 Å². The largest absolute Gasteiger partial charge is 0.524 e. The van der Waals surface area contributed by atoms with Gasteiger partial charge in [0.05, 0.1) is 0 Å². The number of phosphoric acid groups is 1. The molecule has 0 aromatic carbocycles. The van der Waals surface area contributed by atoms with Crippen molar-refractivity contribution in [3.63, 3.8) is 0 Å². The van der Waals surface area contributed by atoms with Crippen LogP contribution in [0.1, 0.15) is 26.7 Å². The number of allylic oxidation sites excluding steroid dienone is 2. The summed E-state index contributed by atoms with van der Waals surface area (Å²) < 4.78 is 14.9. The minimum Gasteiger partial charge on any atom is -0.409 e. The van der Waals surface area contributed by atoms with Gasteiger partial charge in [0, 0.05) is 18.9 Å². The molecule has 0 aromatic heterocycles. The molecule has 0 saturated heterocycles. The fourth-order valence-electron chi connectivity index (χ4n) is 1.50. The first-order valence-electron chi connectivity index (χ1n) is 4.16. The van der Waals surface area contributed by atoms with E-state index in [0.29, 0.717) is 12.8 Å². The Bertz CT molecular complexity index is 325. The molecule has 0 atom stereocenters. The Balaban J connectivity index is 2.80. The van der Waals surface area contributed by atoms with Crippen LogP contribution in [-0.4, -0.2) is 15.6 Å². The molecule has 1 aliphatic carbocycles. The van der Waals surface area contributed by atoms with Crippen LogP contribution in [0.3, 0.4) is 0 Å². The first-order valence-corrected chi connectivity index (χ1v) is 5.70. The van der Waals surface area contributed by atoms with Crippen LogP contribution in [0.15, 0.2) is 11.8 Å². The number of rotatable bonds is 2. The van der Waals surface area contributed by atoms with Gasteiger partial charge in [-0.2, -0.15) is 0 Å². The van der Waals surface area contributed by atoms with E-state index in [1.807, 2.05) is 13.8 Å². The van der Waals surface area contributed by atoms with E-state index in [1.165, 1.54) is 0 Å². The Hall–Kier alpha value is -0.640. The van der Waals surface area contributed by atoms with Gasteiger partial charge in [0.1, 0.15) is 5.76 Å². The Labute approximate surface area is 82.0 Å². The lowest BCUT2D eigenvalue weighted by Gasteiger charge is -2.28. The molecule has 0 unspecified atom stereocenters. The van der Waals surface area contributed by atoms with Gasteiger partial charge in [0.15, 0.2) is 5.78 Å². The van der Waals surface area contributed by atoms with Crippen molar-refractivity contribution < 1.29 is 23.7 Å². The number of carbonyl (C=O) groups excluding carboxylic acids is 1. The second-order valence-electron chi connectivity index (χ2n) is 4.18. The summed E-state index contributed by atoms with van der Waals surface area (Å²) in [7, 11) is -4.54. The zero-order chi connectivity index (χ0) is 11.0. The zero-order valence-corrected chi connectivity index (χ0v) is 8.95. The molecule has 0 heterocycles. The molecule has 6 heteroatoms. The third kappa shape index (κ3) is 3.62. The summed E-state index contributed by atoms with van der Waals surface area (Å²) in [4.78, 5) is 28.3. The summed E-state index contributed by atoms with van der Waals surface area (Å²) in [6.07, 6.45) is 1.90. The maximum atomic E-state index is 11.2. The third-order valence-electron chi connectivity index (χ3n) is 1.86. The minimum absolute atomic E-state index is 0.0691. The molecule has 0 fully saturated rings. The standard InChI is InChI=1S/C8H13O5P/c1-8(2)4-6(9)3-7(5-8)13-14(10,11)12/h3H,4-5H2,1-2H3,(H2,10,11,12). The van der Waals surface area contributed by atoms with Crippen LogP contribution in [0.5, 0.6) is 0 Å². The molecule has 80 valence electrons. The highest BCUT2D eigenvalue weighted by Gasteiger charge is 2.31. The first kappa shape index (κ1) is 11.4. The second-order valence-corrected chi connectivity index (χ2v) is 5.34. The van der Waals surface area contributed by atoms with Crippen molar-refractivity contribution in [2.24, 2.45) is 5.41 Å². The highest BCUT2D eigenvalue weighted by Crippen LogP contribution is 2.44. The van der Waals surface area contributed by atoms with Crippen LogP contribution in [0.4, 0.5) is 0 Å². The number of hydrogen-bond donors (Lipinski definition) is 2. The third-order valence-corrected chi connectivity index (χ3v) is 2.34. The SMILES string of the molecule is CC1(C)CC(=O)C=C(OP(=O)(O)O)C1. The molecule has 0 aliphatic heterocycles. The average Bonchev–Trinajstić information content (AvgIpc) is 1.74.